The van der Waals surface area contributed by atoms with Gasteiger partial charge in [0.1, 0.15) is 11.4 Å². The lowest BCUT2D eigenvalue weighted by Gasteiger charge is -2.20. The Kier molecular flexibility index (Phi) is 3.93. The van der Waals surface area contributed by atoms with Crippen molar-refractivity contribution in [1.29, 1.82) is 0 Å². The van der Waals surface area contributed by atoms with Gasteiger partial charge >= 0.3 is 0 Å². The Bertz CT molecular complexity index is 413. The molecule has 2 N–H and O–H groups in total. The first-order valence-corrected chi connectivity index (χ1v) is 5.89. The summed E-state index contributed by atoms with van der Waals surface area (Å²) in [4.78, 5) is 11.6. The van der Waals surface area contributed by atoms with E-state index in [-0.39, 0.29) is 31.3 Å². The minimum absolute atomic E-state index is 0.178. The lowest BCUT2D eigenvalue weighted by atomic mass is 10.0. The van der Waals surface area contributed by atoms with Crippen LogP contribution in [0, 0.1) is 5.82 Å². The lowest BCUT2D eigenvalue weighted by Crippen LogP contribution is -2.43. The highest BCUT2D eigenvalue weighted by atomic mass is 19.1. The Hall–Kier alpha value is -1.46. The van der Waals surface area contributed by atoms with Gasteiger partial charge in [-0.15, -0.1) is 0 Å². The highest BCUT2D eigenvalue weighted by Crippen LogP contribution is 2.16. The van der Waals surface area contributed by atoms with E-state index in [1.54, 1.807) is 12.1 Å². The van der Waals surface area contributed by atoms with E-state index < -0.39 is 5.60 Å². The van der Waals surface area contributed by atoms with E-state index in [1.165, 1.54) is 12.1 Å². The van der Waals surface area contributed by atoms with Crippen LogP contribution >= 0.6 is 0 Å². The molecule has 0 radical (unpaired) electrons. The molecule has 18 heavy (non-hydrogen) atoms. The van der Waals surface area contributed by atoms with Crippen molar-refractivity contribution in [3.8, 4) is 0 Å². The number of carbonyl (C=O) groups is 1. The summed E-state index contributed by atoms with van der Waals surface area (Å²) in [6, 6.07) is 5.78. The van der Waals surface area contributed by atoms with Gasteiger partial charge in [-0.2, -0.15) is 0 Å². The van der Waals surface area contributed by atoms with Crippen LogP contribution in [0.5, 0.6) is 0 Å². The molecule has 98 valence electrons. The van der Waals surface area contributed by atoms with Crippen LogP contribution in [0.15, 0.2) is 24.3 Å². The molecule has 1 fully saturated rings. The number of hydrogen-bond donors (Lipinski definition) is 2. The Balaban J connectivity index is 1.80. The maximum absolute atomic E-state index is 12.7. The Morgan fingerprint density at radius 2 is 2.17 bits per heavy atom. The first-order valence-electron chi connectivity index (χ1n) is 5.89. The summed E-state index contributed by atoms with van der Waals surface area (Å²) >= 11 is 0. The summed E-state index contributed by atoms with van der Waals surface area (Å²) in [6.07, 6.45) is 0.709. The molecule has 0 spiro atoms. The Morgan fingerprint density at radius 3 is 2.78 bits per heavy atom. The third-order valence-electron chi connectivity index (χ3n) is 2.98. The van der Waals surface area contributed by atoms with Crippen LogP contribution in [-0.2, 0) is 16.0 Å². The zero-order valence-corrected chi connectivity index (χ0v) is 9.99. The molecular weight excluding hydrogens is 237 g/mol. The van der Waals surface area contributed by atoms with Crippen molar-refractivity contribution < 1.29 is 19.0 Å². The molecule has 1 aliphatic heterocycles. The zero-order chi connectivity index (χ0) is 13.0. The van der Waals surface area contributed by atoms with Crippen molar-refractivity contribution in [2.45, 2.75) is 18.4 Å². The van der Waals surface area contributed by atoms with Crippen LogP contribution in [0.2, 0.25) is 0 Å². The van der Waals surface area contributed by atoms with E-state index >= 15 is 0 Å². The van der Waals surface area contributed by atoms with Crippen LogP contribution in [-0.4, -0.2) is 36.4 Å². The minimum Gasteiger partial charge on any atom is -0.386 e. The van der Waals surface area contributed by atoms with Gasteiger partial charge in [-0.1, -0.05) is 12.1 Å². The van der Waals surface area contributed by atoms with Crippen molar-refractivity contribution in [3.63, 3.8) is 0 Å². The quantitative estimate of drug-likeness (QED) is 0.827. The molecule has 5 heteroatoms. The van der Waals surface area contributed by atoms with Gasteiger partial charge in [0.25, 0.3) is 0 Å². The molecule has 1 heterocycles. The molecular formula is C13H16FNO3. The summed E-state index contributed by atoms with van der Waals surface area (Å²) in [7, 11) is 0. The van der Waals surface area contributed by atoms with Crippen LogP contribution in [0.1, 0.15) is 12.0 Å². The van der Waals surface area contributed by atoms with E-state index in [2.05, 4.69) is 5.32 Å². The molecule has 1 aromatic rings. The monoisotopic (exact) mass is 253 g/mol. The summed E-state index contributed by atoms with van der Waals surface area (Å²) in [6.45, 7) is 0.960. The number of nitrogens with one attached hydrogen (secondary N) is 1. The third kappa shape index (κ3) is 3.51. The fourth-order valence-corrected chi connectivity index (χ4v) is 1.85. The van der Waals surface area contributed by atoms with Crippen molar-refractivity contribution in [2.75, 3.05) is 19.8 Å². The first-order chi connectivity index (χ1) is 8.57. The van der Waals surface area contributed by atoms with Gasteiger partial charge in [-0.3, -0.25) is 4.79 Å². The summed E-state index contributed by atoms with van der Waals surface area (Å²) in [5.74, 6) is -0.515. The van der Waals surface area contributed by atoms with E-state index in [0.29, 0.717) is 13.0 Å². The molecule has 0 aromatic heterocycles. The zero-order valence-electron chi connectivity index (χ0n) is 9.99. The standard InChI is InChI=1S/C13H16FNO3/c14-11-3-1-10(2-4-11)7-12(16)15-8-13(17)5-6-18-9-13/h1-4,17H,5-9H2,(H,15,16). The second-order valence-electron chi connectivity index (χ2n) is 4.61. The van der Waals surface area contributed by atoms with Gasteiger partial charge in [-0.05, 0) is 17.7 Å². The van der Waals surface area contributed by atoms with Crippen LogP contribution in [0.3, 0.4) is 0 Å². The molecule has 2 rings (SSSR count). The average molecular weight is 253 g/mol. The van der Waals surface area contributed by atoms with Crippen LogP contribution in [0.4, 0.5) is 4.39 Å². The van der Waals surface area contributed by atoms with Gasteiger partial charge in [0.15, 0.2) is 0 Å². The van der Waals surface area contributed by atoms with Gasteiger partial charge in [-0.25, -0.2) is 4.39 Å². The van der Waals surface area contributed by atoms with E-state index in [1.807, 2.05) is 0 Å². The minimum atomic E-state index is -0.946. The van der Waals surface area contributed by atoms with E-state index in [9.17, 15) is 14.3 Å². The molecule has 1 aliphatic rings. The lowest BCUT2D eigenvalue weighted by molar-refractivity contribution is -0.121. The van der Waals surface area contributed by atoms with Crippen LogP contribution in [0.25, 0.3) is 0 Å². The molecule has 0 saturated carbocycles. The van der Waals surface area contributed by atoms with Crippen molar-refractivity contribution >= 4 is 5.91 Å². The predicted molar refractivity (Wildman–Crippen MR) is 63.5 cm³/mol. The van der Waals surface area contributed by atoms with Gasteiger partial charge < -0.3 is 15.2 Å². The molecule has 1 unspecified atom stereocenters. The summed E-state index contributed by atoms with van der Waals surface area (Å²) in [5, 5.41) is 12.6. The normalized spacial score (nSPS) is 23.0. The molecule has 1 amide bonds. The third-order valence-corrected chi connectivity index (χ3v) is 2.98. The molecule has 1 atom stereocenters. The molecule has 0 aliphatic carbocycles. The smallest absolute Gasteiger partial charge is 0.224 e. The molecule has 4 nitrogen and oxygen atoms in total. The number of amides is 1. The highest BCUT2D eigenvalue weighted by molar-refractivity contribution is 5.78. The second kappa shape index (κ2) is 5.46. The summed E-state index contributed by atoms with van der Waals surface area (Å²) < 4.78 is 17.8. The number of halogens is 1. The number of ether oxygens (including phenoxy) is 1. The second-order valence-corrected chi connectivity index (χ2v) is 4.61. The van der Waals surface area contributed by atoms with Crippen molar-refractivity contribution in [3.05, 3.63) is 35.6 Å². The number of aliphatic hydroxyl groups is 1. The van der Waals surface area contributed by atoms with Crippen LogP contribution < -0.4 is 5.32 Å². The predicted octanol–water partition coefficient (Wildman–Crippen LogP) is 0.636. The Morgan fingerprint density at radius 1 is 1.44 bits per heavy atom. The molecule has 1 saturated heterocycles. The topological polar surface area (TPSA) is 58.6 Å². The van der Waals surface area contributed by atoms with E-state index in [4.69, 9.17) is 4.74 Å². The van der Waals surface area contributed by atoms with Crippen molar-refractivity contribution in [2.24, 2.45) is 0 Å². The largest absolute Gasteiger partial charge is 0.386 e. The van der Waals surface area contributed by atoms with E-state index in [0.717, 1.165) is 5.56 Å². The number of benzene rings is 1. The van der Waals surface area contributed by atoms with Gasteiger partial charge in [0.2, 0.25) is 5.91 Å². The number of hydrogen-bond acceptors (Lipinski definition) is 3. The SMILES string of the molecule is O=C(Cc1ccc(F)cc1)NCC1(O)CCOC1. The fourth-order valence-electron chi connectivity index (χ4n) is 1.85. The first kappa shape index (κ1) is 13.0. The summed E-state index contributed by atoms with van der Waals surface area (Å²) in [5.41, 5.74) is -0.207. The maximum atomic E-state index is 12.7. The highest BCUT2D eigenvalue weighted by Gasteiger charge is 2.32. The fraction of sp³-hybridized carbons (Fsp3) is 0.462. The number of rotatable bonds is 4. The van der Waals surface area contributed by atoms with Crippen molar-refractivity contribution in [1.82, 2.24) is 5.32 Å². The number of carbonyl (C=O) groups excluding carboxylic acids is 1. The average Bonchev–Trinajstić information content (AvgIpc) is 2.78. The maximum Gasteiger partial charge on any atom is 0.224 e. The molecule has 0 bridgehead atoms. The van der Waals surface area contributed by atoms with Gasteiger partial charge in [0, 0.05) is 19.6 Å². The Labute approximate surface area is 105 Å². The molecule has 1 aromatic carbocycles. The van der Waals surface area contributed by atoms with Gasteiger partial charge in [0.05, 0.1) is 13.0 Å².